The van der Waals surface area contributed by atoms with Gasteiger partial charge in [0.25, 0.3) is 0 Å². The van der Waals surface area contributed by atoms with Gasteiger partial charge in [0.05, 0.1) is 24.6 Å². The van der Waals surface area contributed by atoms with Crippen LogP contribution in [0.15, 0.2) is 0 Å². The predicted octanol–water partition coefficient (Wildman–Crippen LogP) is 3.01. The average Bonchev–Trinajstić information content (AvgIpc) is 3.19. The number of hydrogen-bond acceptors (Lipinski definition) is 6. The Morgan fingerprint density at radius 2 is 1.06 bits per heavy atom. The van der Waals surface area contributed by atoms with E-state index in [9.17, 15) is 29.4 Å². The number of rotatable bonds is 11. The maximum Gasteiger partial charge on any atom is 0.352 e. The number of hydrogen-bond donors (Lipinski definition) is 4. The van der Waals surface area contributed by atoms with Gasteiger partial charge in [-0.2, -0.15) is 0 Å². The van der Waals surface area contributed by atoms with E-state index in [1.165, 1.54) is 13.8 Å². The number of nitrogens with one attached hydrogen (secondary N) is 2. The van der Waals surface area contributed by atoms with E-state index in [0.29, 0.717) is 59.3 Å². The molecule has 0 radical (unpaired) electrons. The summed E-state index contributed by atoms with van der Waals surface area (Å²) < 4.78 is 9.95. The predicted molar refractivity (Wildman–Crippen MR) is 114 cm³/mol. The number of esters is 2. The molecular formula is C22H28N2O8. The van der Waals surface area contributed by atoms with Gasteiger partial charge in [0, 0.05) is 13.8 Å². The second kappa shape index (κ2) is 10.7. The van der Waals surface area contributed by atoms with E-state index in [1.807, 2.05) is 0 Å². The zero-order chi connectivity index (χ0) is 24.0. The van der Waals surface area contributed by atoms with E-state index in [0.717, 1.165) is 0 Å². The Hall–Kier alpha value is -3.56. The SMILES string of the molecule is CC(=O)OCCCc1c(-c2[nH]c(C(=O)O)c(C)c2CCCOC(C)=O)[nH]c(C(=O)O)c1C. The Morgan fingerprint density at radius 3 is 1.34 bits per heavy atom. The van der Waals surface area contributed by atoms with E-state index < -0.39 is 23.9 Å². The average molecular weight is 448 g/mol. The Balaban J connectivity index is 2.49. The van der Waals surface area contributed by atoms with Crippen LogP contribution in [0.4, 0.5) is 0 Å². The number of ether oxygens (including phenoxy) is 2. The van der Waals surface area contributed by atoms with Crippen molar-refractivity contribution in [1.29, 1.82) is 0 Å². The lowest BCUT2D eigenvalue weighted by Crippen LogP contribution is -2.03. The standard InChI is InChI=1S/C22H28N2O8/c1-11-15(7-5-9-31-13(3)25)19(23-17(11)21(27)28)20-16(8-6-10-32-14(4)26)12(2)18(24-20)22(29)30/h23-24H,5-10H2,1-4H3,(H,27,28)(H,29,30). The van der Waals surface area contributed by atoms with E-state index in [1.54, 1.807) is 13.8 Å². The van der Waals surface area contributed by atoms with Gasteiger partial charge in [0.1, 0.15) is 11.4 Å². The molecule has 0 aliphatic heterocycles. The number of carboxylic acids is 2. The van der Waals surface area contributed by atoms with Crippen LogP contribution in [0.1, 0.15) is 69.9 Å². The Labute approximate surface area is 184 Å². The maximum atomic E-state index is 11.7. The third-order valence-corrected chi connectivity index (χ3v) is 5.19. The monoisotopic (exact) mass is 448 g/mol. The first-order chi connectivity index (χ1) is 15.0. The molecule has 0 unspecified atom stereocenters. The summed E-state index contributed by atoms with van der Waals surface area (Å²) in [5.41, 5.74) is 3.47. The van der Waals surface area contributed by atoms with Crippen LogP contribution in [0, 0.1) is 13.8 Å². The lowest BCUT2D eigenvalue weighted by molar-refractivity contribution is -0.142. The zero-order valence-electron chi connectivity index (χ0n) is 18.6. The van der Waals surface area contributed by atoms with Gasteiger partial charge in [-0.25, -0.2) is 9.59 Å². The molecule has 0 fully saturated rings. The van der Waals surface area contributed by atoms with Crippen LogP contribution in [-0.2, 0) is 31.9 Å². The van der Waals surface area contributed by atoms with E-state index >= 15 is 0 Å². The fourth-order valence-corrected chi connectivity index (χ4v) is 3.67. The van der Waals surface area contributed by atoms with Crippen molar-refractivity contribution in [2.24, 2.45) is 0 Å². The van der Waals surface area contributed by atoms with E-state index in [2.05, 4.69) is 9.97 Å². The van der Waals surface area contributed by atoms with E-state index in [4.69, 9.17) is 9.47 Å². The summed E-state index contributed by atoms with van der Waals surface area (Å²) in [6.45, 7) is 6.35. The first kappa shape index (κ1) is 24.7. The van der Waals surface area contributed by atoms with Crippen molar-refractivity contribution in [3.05, 3.63) is 33.6 Å². The second-order valence-corrected chi connectivity index (χ2v) is 7.45. The van der Waals surface area contributed by atoms with Gasteiger partial charge in [-0.05, 0) is 61.8 Å². The van der Waals surface area contributed by atoms with Crippen molar-refractivity contribution in [1.82, 2.24) is 9.97 Å². The number of aromatic nitrogens is 2. The lowest BCUT2D eigenvalue weighted by Gasteiger charge is -2.09. The number of aromatic amines is 2. The summed E-state index contributed by atoms with van der Waals surface area (Å²) >= 11 is 0. The molecule has 0 atom stereocenters. The summed E-state index contributed by atoms with van der Waals surface area (Å²) in [6, 6.07) is 0. The highest BCUT2D eigenvalue weighted by atomic mass is 16.5. The normalized spacial score (nSPS) is 10.8. The maximum absolute atomic E-state index is 11.7. The molecule has 32 heavy (non-hydrogen) atoms. The molecule has 10 nitrogen and oxygen atoms in total. The van der Waals surface area contributed by atoms with Crippen LogP contribution >= 0.6 is 0 Å². The van der Waals surface area contributed by atoms with Crippen LogP contribution in [0.3, 0.4) is 0 Å². The fourth-order valence-electron chi connectivity index (χ4n) is 3.67. The zero-order valence-corrected chi connectivity index (χ0v) is 18.6. The molecule has 0 spiro atoms. The minimum atomic E-state index is -1.13. The first-order valence-electron chi connectivity index (χ1n) is 10.2. The molecule has 0 aromatic carbocycles. The molecule has 10 heteroatoms. The Bertz CT molecular complexity index is 949. The van der Waals surface area contributed by atoms with Crippen LogP contribution < -0.4 is 0 Å². The fraction of sp³-hybridized carbons (Fsp3) is 0.455. The molecule has 2 aromatic rings. The van der Waals surface area contributed by atoms with Gasteiger partial charge in [-0.3, -0.25) is 9.59 Å². The number of carboxylic acid groups (broad SMARTS) is 2. The minimum Gasteiger partial charge on any atom is -0.477 e. The molecule has 2 rings (SSSR count). The van der Waals surface area contributed by atoms with Crippen LogP contribution in [0.5, 0.6) is 0 Å². The summed E-state index contributed by atoms with van der Waals surface area (Å²) in [7, 11) is 0. The summed E-state index contributed by atoms with van der Waals surface area (Å²) in [6.07, 6.45) is 1.78. The number of aromatic carboxylic acids is 2. The van der Waals surface area contributed by atoms with Gasteiger partial charge in [-0.1, -0.05) is 0 Å². The highest BCUT2D eigenvalue weighted by molar-refractivity contribution is 5.92. The molecule has 174 valence electrons. The minimum absolute atomic E-state index is 0.0116. The summed E-state index contributed by atoms with van der Waals surface area (Å²) in [5, 5.41) is 19.2. The molecule has 0 aliphatic rings. The van der Waals surface area contributed by atoms with Gasteiger partial charge in [-0.15, -0.1) is 0 Å². The highest BCUT2D eigenvalue weighted by Crippen LogP contribution is 2.34. The van der Waals surface area contributed by atoms with Crippen molar-refractivity contribution >= 4 is 23.9 Å². The topological polar surface area (TPSA) is 159 Å². The molecule has 0 saturated carbocycles. The second-order valence-electron chi connectivity index (χ2n) is 7.45. The van der Waals surface area contributed by atoms with Gasteiger partial charge in [0.2, 0.25) is 0 Å². The third-order valence-electron chi connectivity index (χ3n) is 5.19. The summed E-state index contributed by atoms with van der Waals surface area (Å²) in [5.74, 6) is -3.06. The van der Waals surface area contributed by atoms with Crippen LogP contribution in [0.25, 0.3) is 11.4 Å². The lowest BCUT2D eigenvalue weighted by atomic mass is 9.98. The molecule has 0 bridgehead atoms. The summed E-state index contributed by atoms with van der Waals surface area (Å²) in [4.78, 5) is 51.3. The van der Waals surface area contributed by atoms with Crippen molar-refractivity contribution in [2.75, 3.05) is 13.2 Å². The Morgan fingerprint density at radius 1 is 0.719 bits per heavy atom. The molecular weight excluding hydrogens is 420 g/mol. The molecule has 0 amide bonds. The molecule has 0 aliphatic carbocycles. The van der Waals surface area contributed by atoms with Crippen molar-refractivity contribution in [3.8, 4) is 11.4 Å². The van der Waals surface area contributed by atoms with Gasteiger partial charge < -0.3 is 29.7 Å². The highest BCUT2D eigenvalue weighted by Gasteiger charge is 2.25. The number of carbonyl (C=O) groups excluding carboxylic acids is 2. The Kier molecular flexibility index (Phi) is 8.22. The van der Waals surface area contributed by atoms with Gasteiger partial charge in [0.15, 0.2) is 0 Å². The third kappa shape index (κ3) is 5.77. The smallest absolute Gasteiger partial charge is 0.352 e. The van der Waals surface area contributed by atoms with Crippen LogP contribution in [0.2, 0.25) is 0 Å². The first-order valence-corrected chi connectivity index (χ1v) is 10.2. The van der Waals surface area contributed by atoms with Crippen molar-refractivity contribution in [3.63, 3.8) is 0 Å². The molecule has 2 aromatic heterocycles. The van der Waals surface area contributed by atoms with E-state index in [-0.39, 0.29) is 24.6 Å². The van der Waals surface area contributed by atoms with Crippen LogP contribution in [-0.4, -0.2) is 57.3 Å². The molecule has 4 N–H and O–H groups in total. The largest absolute Gasteiger partial charge is 0.477 e. The van der Waals surface area contributed by atoms with Gasteiger partial charge >= 0.3 is 23.9 Å². The number of H-pyrrole nitrogens is 2. The van der Waals surface area contributed by atoms with Crippen molar-refractivity contribution in [2.45, 2.75) is 53.4 Å². The number of carbonyl (C=O) groups is 4. The quantitative estimate of drug-likeness (QED) is 0.301. The van der Waals surface area contributed by atoms with Crippen molar-refractivity contribution < 1.29 is 38.9 Å². The molecule has 2 heterocycles. The molecule has 0 saturated heterocycles.